The molecule has 8 heteroatoms. The molecule has 0 saturated carbocycles. The lowest BCUT2D eigenvalue weighted by Crippen LogP contribution is -2.37. The van der Waals surface area contributed by atoms with Crippen molar-refractivity contribution in [3.05, 3.63) is 41.2 Å². The van der Waals surface area contributed by atoms with E-state index >= 15 is 0 Å². The lowest BCUT2D eigenvalue weighted by molar-refractivity contribution is 0.0935. The summed E-state index contributed by atoms with van der Waals surface area (Å²) >= 11 is 6.07. The minimum absolute atomic E-state index is 0.102. The molecule has 0 bridgehead atoms. The van der Waals surface area contributed by atoms with Crippen LogP contribution in [0.15, 0.2) is 30.5 Å². The summed E-state index contributed by atoms with van der Waals surface area (Å²) in [5.41, 5.74) is 1.48. The Bertz CT molecular complexity index is 773. The van der Waals surface area contributed by atoms with Crippen molar-refractivity contribution in [2.45, 2.75) is 31.3 Å². The molecule has 7 nitrogen and oxygen atoms in total. The SMILES string of the molecule is O=C(NC1CCN(c2cccc(Cl)c2)C1)c1cn(C2CCNCC2)nn1. The fraction of sp³-hybridized carbons (Fsp3) is 0.500. The number of carbonyl (C=O) groups excluding carboxylic acids is 1. The van der Waals surface area contributed by atoms with Crippen LogP contribution in [-0.2, 0) is 0 Å². The zero-order chi connectivity index (χ0) is 17.9. The molecule has 2 saturated heterocycles. The molecule has 0 spiro atoms. The van der Waals surface area contributed by atoms with E-state index in [-0.39, 0.29) is 11.9 Å². The summed E-state index contributed by atoms with van der Waals surface area (Å²) in [5.74, 6) is -0.150. The highest BCUT2D eigenvalue weighted by molar-refractivity contribution is 6.30. The molecule has 3 heterocycles. The molecule has 1 amide bonds. The molecule has 1 unspecified atom stereocenters. The van der Waals surface area contributed by atoms with Gasteiger partial charge in [-0.25, -0.2) is 4.68 Å². The summed E-state index contributed by atoms with van der Waals surface area (Å²) in [6.07, 6.45) is 4.71. The number of hydrogen-bond acceptors (Lipinski definition) is 5. The van der Waals surface area contributed by atoms with Gasteiger partial charge in [0, 0.05) is 29.8 Å². The topological polar surface area (TPSA) is 75.1 Å². The Kier molecular flexibility index (Phi) is 5.08. The van der Waals surface area contributed by atoms with Crippen LogP contribution in [0.5, 0.6) is 0 Å². The Morgan fingerprint density at radius 1 is 1.27 bits per heavy atom. The number of hydrogen-bond donors (Lipinski definition) is 2. The van der Waals surface area contributed by atoms with Crippen LogP contribution in [0.25, 0.3) is 0 Å². The third kappa shape index (κ3) is 3.83. The Morgan fingerprint density at radius 2 is 2.12 bits per heavy atom. The highest BCUT2D eigenvalue weighted by Crippen LogP contribution is 2.23. The zero-order valence-electron chi connectivity index (χ0n) is 14.6. The number of anilines is 1. The summed E-state index contributed by atoms with van der Waals surface area (Å²) in [4.78, 5) is 14.8. The Labute approximate surface area is 157 Å². The van der Waals surface area contributed by atoms with E-state index in [1.54, 1.807) is 6.20 Å². The van der Waals surface area contributed by atoms with Crippen LogP contribution in [-0.4, -0.2) is 53.1 Å². The second-order valence-corrected chi connectivity index (χ2v) is 7.39. The molecule has 1 aromatic heterocycles. The number of piperidine rings is 1. The van der Waals surface area contributed by atoms with Crippen LogP contribution < -0.4 is 15.5 Å². The molecule has 4 rings (SSSR count). The molecular formula is C18H23ClN6O. The molecule has 0 radical (unpaired) electrons. The normalized spacial score (nSPS) is 21.1. The summed E-state index contributed by atoms with van der Waals surface area (Å²) in [7, 11) is 0. The van der Waals surface area contributed by atoms with Crippen LogP contribution in [0.3, 0.4) is 0 Å². The minimum atomic E-state index is -0.150. The van der Waals surface area contributed by atoms with Crippen molar-refractivity contribution in [1.29, 1.82) is 0 Å². The maximum absolute atomic E-state index is 12.5. The van der Waals surface area contributed by atoms with Crippen LogP contribution in [0, 0.1) is 0 Å². The summed E-state index contributed by atoms with van der Waals surface area (Å²) in [5, 5.41) is 15.4. The average molecular weight is 375 g/mol. The van der Waals surface area contributed by atoms with E-state index in [2.05, 4.69) is 25.8 Å². The number of nitrogens with one attached hydrogen (secondary N) is 2. The van der Waals surface area contributed by atoms with Gasteiger partial charge in [-0.1, -0.05) is 22.9 Å². The Hall–Kier alpha value is -2.12. The Morgan fingerprint density at radius 3 is 2.92 bits per heavy atom. The van der Waals surface area contributed by atoms with E-state index in [1.807, 2.05) is 28.9 Å². The van der Waals surface area contributed by atoms with Gasteiger partial charge in [0.1, 0.15) is 0 Å². The zero-order valence-corrected chi connectivity index (χ0v) is 15.3. The number of aromatic nitrogens is 3. The smallest absolute Gasteiger partial charge is 0.273 e. The van der Waals surface area contributed by atoms with E-state index in [1.165, 1.54) is 0 Å². The first-order valence-electron chi connectivity index (χ1n) is 9.13. The monoisotopic (exact) mass is 374 g/mol. The maximum Gasteiger partial charge on any atom is 0.273 e. The molecule has 26 heavy (non-hydrogen) atoms. The standard InChI is InChI=1S/C18H23ClN6O/c19-13-2-1-3-16(10-13)24-9-6-14(11-24)21-18(26)17-12-25(23-22-17)15-4-7-20-8-5-15/h1-3,10,12,14-15,20H,4-9,11H2,(H,21,26). The first-order valence-corrected chi connectivity index (χ1v) is 9.51. The van der Waals surface area contributed by atoms with Gasteiger partial charge in [0.2, 0.25) is 0 Å². The van der Waals surface area contributed by atoms with Gasteiger partial charge >= 0.3 is 0 Å². The first kappa shape index (κ1) is 17.3. The largest absolute Gasteiger partial charge is 0.369 e. The molecular weight excluding hydrogens is 352 g/mol. The predicted molar refractivity (Wildman–Crippen MR) is 101 cm³/mol. The van der Waals surface area contributed by atoms with Gasteiger partial charge in [-0.2, -0.15) is 0 Å². The lowest BCUT2D eigenvalue weighted by atomic mass is 10.1. The Balaban J connectivity index is 1.34. The quantitative estimate of drug-likeness (QED) is 0.854. The van der Waals surface area contributed by atoms with Crippen LogP contribution in [0.1, 0.15) is 35.8 Å². The number of benzene rings is 1. The van der Waals surface area contributed by atoms with Crippen molar-refractivity contribution >= 4 is 23.2 Å². The predicted octanol–water partition coefficient (Wildman–Crippen LogP) is 1.86. The van der Waals surface area contributed by atoms with Gasteiger partial charge in [0.25, 0.3) is 5.91 Å². The number of halogens is 1. The fourth-order valence-corrected chi connectivity index (χ4v) is 3.86. The fourth-order valence-electron chi connectivity index (χ4n) is 3.68. The third-order valence-electron chi connectivity index (χ3n) is 5.12. The van der Waals surface area contributed by atoms with Gasteiger partial charge in [-0.05, 0) is 50.6 Å². The highest BCUT2D eigenvalue weighted by atomic mass is 35.5. The molecule has 1 aromatic carbocycles. The average Bonchev–Trinajstić information content (AvgIpc) is 3.32. The summed E-state index contributed by atoms with van der Waals surface area (Å²) in [6.45, 7) is 3.63. The van der Waals surface area contributed by atoms with Gasteiger partial charge in [0.05, 0.1) is 12.2 Å². The molecule has 2 aliphatic heterocycles. The molecule has 2 aromatic rings. The maximum atomic E-state index is 12.5. The van der Waals surface area contributed by atoms with E-state index in [0.29, 0.717) is 11.7 Å². The molecule has 2 N–H and O–H groups in total. The van der Waals surface area contributed by atoms with Crippen molar-refractivity contribution in [1.82, 2.24) is 25.6 Å². The van der Waals surface area contributed by atoms with Crippen molar-refractivity contribution in [2.75, 3.05) is 31.1 Å². The molecule has 2 fully saturated rings. The summed E-state index contributed by atoms with van der Waals surface area (Å²) in [6, 6.07) is 8.24. The van der Waals surface area contributed by atoms with Gasteiger partial charge in [-0.3, -0.25) is 4.79 Å². The van der Waals surface area contributed by atoms with Crippen molar-refractivity contribution in [2.24, 2.45) is 0 Å². The molecule has 1 atom stereocenters. The van der Waals surface area contributed by atoms with Crippen LogP contribution in [0.2, 0.25) is 5.02 Å². The number of carbonyl (C=O) groups is 1. The van der Waals surface area contributed by atoms with E-state index in [9.17, 15) is 4.79 Å². The van der Waals surface area contributed by atoms with Crippen LogP contribution >= 0.6 is 11.6 Å². The highest BCUT2D eigenvalue weighted by Gasteiger charge is 2.26. The van der Waals surface area contributed by atoms with E-state index < -0.39 is 0 Å². The van der Waals surface area contributed by atoms with Gasteiger partial charge in [0.15, 0.2) is 5.69 Å². The molecule has 138 valence electrons. The molecule has 0 aliphatic carbocycles. The number of nitrogens with zero attached hydrogens (tertiary/aromatic N) is 4. The molecule has 2 aliphatic rings. The second-order valence-electron chi connectivity index (χ2n) is 6.95. The van der Waals surface area contributed by atoms with Crippen molar-refractivity contribution < 1.29 is 4.79 Å². The van der Waals surface area contributed by atoms with E-state index in [0.717, 1.165) is 56.2 Å². The first-order chi connectivity index (χ1) is 12.7. The number of amides is 1. The van der Waals surface area contributed by atoms with Gasteiger partial charge < -0.3 is 15.5 Å². The summed E-state index contributed by atoms with van der Waals surface area (Å²) < 4.78 is 1.84. The number of rotatable bonds is 4. The van der Waals surface area contributed by atoms with Crippen molar-refractivity contribution in [3.63, 3.8) is 0 Å². The minimum Gasteiger partial charge on any atom is -0.369 e. The van der Waals surface area contributed by atoms with E-state index in [4.69, 9.17) is 11.6 Å². The second kappa shape index (κ2) is 7.63. The lowest BCUT2D eigenvalue weighted by Gasteiger charge is -2.22. The van der Waals surface area contributed by atoms with Gasteiger partial charge in [-0.15, -0.1) is 5.10 Å². The van der Waals surface area contributed by atoms with Crippen molar-refractivity contribution in [3.8, 4) is 0 Å². The third-order valence-corrected chi connectivity index (χ3v) is 5.36. The van der Waals surface area contributed by atoms with Crippen LogP contribution in [0.4, 0.5) is 5.69 Å².